The summed E-state index contributed by atoms with van der Waals surface area (Å²) >= 11 is 0. The standard InChI is InChI=1S/C23H33NO5/c1-4-23(27)8-7-21(13-29-23)14-9-18(25)16-6-5-15-17(20(26)28-3)10-22(21,19(15)16)12-24(2)11-14/h14-15,17,27H,4-13H2,1-3H3. The van der Waals surface area contributed by atoms with Crippen molar-refractivity contribution in [2.24, 2.45) is 28.6 Å². The molecule has 2 heterocycles. The third-order valence-electron chi connectivity index (χ3n) is 9.16. The van der Waals surface area contributed by atoms with Crippen LogP contribution >= 0.6 is 0 Å². The molecule has 6 nitrogen and oxygen atoms in total. The molecule has 6 heteroatoms. The lowest BCUT2D eigenvalue weighted by atomic mass is 9.50. The van der Waals surface area contributed by atoms with Gasteiger partial charge in [-0.1, -0.05) is 12.5 Å². The highest BCUT2D eigenvalue weighted by atomic mass is 16.6. The predicted octanol–water partition coefficient (Wildman–Crippen LogP) is 2.30. The van der Waals surface area contributed by atoms with Crippen LogP contribution in [-0.2, 0) is 19.1 Å². The Hall–Kier alpha value is -1.24. The van der Waals surface area contributed by atoms with Crippen LogP contribution in [0.15, 0.2) is 11.1 Å². The van der Waals surface area contributed by atoms with Crippen LogP contribution in [0, 0.1) is 28.6 Å². The molecule has 160 valence electrons. The van der Waals surface area contributed by atoms with Crippen molar-refractivity contribution in [3.63, 3.8) is 0 Å². The van der Waals surface area contributed by atoms with Crippen molar-refractivity contribution < 1.29 is 24.2 Å². The van der Waals surface area contributed by atoms with Gasteiger partial charge in [-0.25, -0.2) is 0 Å². The van der Waals surface area contributed by atoms with Crippen LogP contribution in [0.25, 0.3) is 0 Å². The van der Waals surface area contributed by atoms with Gasteiger partial charge in [0.25, 0.3) is 0 Å². The molecular weight excluding hydrogens is 370 g/mol. The van der Waals surface area contributed by atoms with E-state index in [9.17, 15) is 14.7 Å². The zero-order valence-electron chi connectivity index (χ0n) is 17.8. The molecule has 0 aromatic heterocycles. The first-order valence-corrected chi connectivity index (χ1v) is 11.2. The van der Waals surface area contributed by atoms with Crippen LogP contribution in [0.1, 0.15) is 51.9 Å². The van der Waals surface area contributed by atoms with Crippen molar-refractivity contribution in [3.05, 3.63) is 11.1 Å². The Morgan fingerprint density at radius 2 is 2.17 bits per heavy atom. The molecule has 0 amide bonds. The maximum absolute atomic E-state index is 13.3. The molecule has 1 N–H and O–H groups in total. The highest BCUT2D eigenvalue weighted by Gasteiger charge is 2.70. The number of rotatable bonds is 2. The van der Waals surface area contributed by atoms with E-state index in [1.165, 1.54) is 12.7 Å². The molecule has 29 heavy (non-hydrogen) atoms. The van der Waals surface area contributed by atoms with Gasteiger partial charge in [0.2, 0.25) is 0 Å². The van der Waals surface area contributed by atoms with E-state index in [1.54, 1.807) is 0 Å². The monoisotopic (exact) mass is 403 g/mol. The number of aliphatic hydroxyl groups is 1. The van der Waals surface area contributed by atoms with Crippen molar-refractivity contribution in [1.29, 1.82) is 0 Å². The molecule has 2 spiro atoms. The van der Waals surface area contributed by atoms with E-state index >= 15 is 0 Å². The number of carbonyl (C=O) groups is 2. The second kappa shape index (κ2) is 6.38. The van der Waals surface area contributed by atoms with Gasteiger partial charge in [0.1, 0.15) is 0 Å². The van der Waals surface area contributed by atoms with Crippen molar-refractivity contribution in [2.75, 3.05) is 33.9 Å². The van der Waals surface area contributed by atoms with E-state index < -0.39 is 5.79 Å². The fourth-order valence-electron chi connectivity index (χ4n) is 7.82. The number of esters is 1. The number of methoxy groups -OCH3 is 1. The lowest BCUT2D eigenvalue weighted by molar-refractivity contribution is -0.283. The molecule has 2 aliphatic heterocycles. The van der Waals surface area contributed by atoms with Crippen molar-refractivity contribution >= 4 is 11.8 Å². The highest BCUT2D eigenvalue weighted by molar-refractivity contribution is 5.98. The van der Waals surface area contributed by atoms with Crippen LogP contribution in [0.2, 0.25) is 0 Å². The topological polar surface area (TPSA) is 76.1 Å². The van der Waals surface area contributed by atoms with E-state index in [2.05, 4.69) is 11.9 Å². The maximum Gasteiger partial charge on any atom is 0.309 e. The summed E-state index contributed by atoms with van der Waals surface area (Å²) < 4.78 is 11.4. The molecule has 6 atom stereocenters. The third kappa shape index (κ3) is 2.45. The number of allylic oxidation sites excluding steroid dienone is 1. The summed E-state index contributed by atoms with van der Waals surface area (Å²) in [5.74, 6) is -0.778. The van der Waals surface area contributed by atoms with Gasteiger partial charge >= 0.3 is 5.97 Å². The Morgan fingerprint density at radius 3 is 2.83 bits per heavy atom. The summed E-state index contributed by atoms with van der Waals surface area (Å²) in [6.45, 7) is 4.15. The van der Waals surface area contributed by atoms with Crippen LogP contribution in [0.3, 0.4) is 0 Å². The summed E-state index contributed by atoms with van der Waals surface area (Å²) in [5.41, 5.74) is 1.84. The molecule has 0 aromatic carbocycles. The van der Waals surface area contributed by atoms with Gasteiger partial charge in [0.05, 0.1) is 19.6 Å². The number of hydrogen-bond acceptors (Lipinski definition) is 6. The first kappa shape index (κ1) is 19.7. The molecule has 3 fully saturated rings. The summed E-state index contributed by atoms with van der Waals surface area (Å²) in [4.78, 5) is 28.4. The minimum atomic E-state index is -1.06. The van der Waals surface area contributed by atoms with Crippen LogP contribution in [0.5, 0.6) is 0 Å². The zero-order chi connectivity index (χ0) is 20.6. The molecule has 1 saturated carbocycles. The molecule has 5 aliphatic rings. The average molecular weight is 404 g/mol. The Morgan fingerprint density at radius 1 is 1.38 bits per heavy atom. The summed E-state index contributed by atoms with van der Waals surface area (Å²) in [5, 5.41) is 10.8. The van der Waals surface area contributed by atoms with Crippen LogP contribution in [0.4, 0.5) is 0 Å². The molecule has 6 unspecified atom stereocenters. The maximum atomic E-state index is 13.3. The quantitative estimate of drug-likeness (QED) is 0.713. The third-order valence-corrected chi connectivity index (χ3v) is 9.16. The molecule has 2 saturated heterocycles. The number of hydrogen-bond donors (Lipinski definition) is 1. The second-order valence-electron chi connectivity index (χ2n) is 10.2. The van der Waals surface area contributed by atoms with Crippen molar-refractivity contribution in [2.45, 2.75) is 57.7 Å². The van der Waals surface area contributed by atoms with E-state index in [0.29, 0.717) is 25.9 Å². The number of carbonyl (C=O) groups excluding carboxylic acids is 2. The first-order chi connectivity index (χ1) is 13.8. The summed E-state index contributed by atoms with van der Waals surface area (Å²) in [6.07, 6.45) is 4.99. The fraction of sp³-hybridized carbons (Fsp3) is 0.826. The zero-order valence-corrected chi connectivity index (χ0v) is 17.8. The van der Waals surface area contributed by atoms with Crippen molar-refractivity contribution in [3.8, 4) is 0 Å². The van der Waals surface area contributed by atoms with E-state index in [4.69, 9.17) is 9.47 Å². The molecule has 3 aliphatic carbocycles. The van der Waals surface area contributed by atoms with Gasteiger partial charge in [-0.15, -0.1) is 0 Å². The van der Waals surface area contributed by atoms with Crippen molar-refractivity contribution in [1.82, 2.24) is 4.90 Å². The minimum Gasteiger partial charge on any atom is -0.469 e. The second-order valence-corrected chi connectivity index (χ2v) is 10.2. The molecular formula is C23H33NO5. The Labute approximate surface area is 172 Å². The average Bonchev–Trinajstić information content (AvgIpc) is 3.26. The fourth-order valence-corrected chi connectivity index (χ4v) is 7.82. The number of piperidine rings is 1. The normalized spacial score (nSPS) is 46.8. The SMILES string of the molecule is CCC1(O)CCC2(CO1)C1CC(=O)C3=C4C(CC3)C(C(=O)OC)CC42CN(C)C1. The summed E-state index contributed by atoms with van der Waals surface area (Å²) in [6, 6.07) is 0. The Bertz CT molecular complexity index is 780. The van der Waals surface area contributed by atoms with Gasteiger partial charge in [0.15, 0.2) is 11.6 Å². The van der Waals surface area contributed by atoms with Gasteiger partial charge in [0, 0.05) is 36.8 Å². The van der Waals surface area contributed by atoms with Crippen LogP contribution in [-0.4, -0.2) is 61.4 Å². The number of ketones is 1. The van der Waals surface area contributed by atoms with Gasteiger partial charge < -0.3 is 19.5 Å². The lowest BCUT2D eigenvalue weighted by Gasteiger charge is -2.61. The number of ether oxygens (including phenoxy) is 2. The van der Waals surface area contributed by atoms with Crippen LogP contribution < -0.4 is 0 Å². The van der Waals surface area contributed by atoms with Gasteiger partial charge in [-0.2, -0.15) is 0 Å². The lowest BCUT2D eigenvalue weighted by Crippen LogP contribution is -2.64. The van der Waals surface area contributed by atoms with E-state index in [0.717, 1.165) is 44.3 Å². The molecule has 2 bridgehead atoms. The van der Waals surface area contributed by atoms with Gasteiger partial charge in [-0.05, 0) is 56.6 Å². The number of Topliss-reactive ketones (excluding diaryl/α,β-unsaturated/α-hetero) is 1. The number of nitrogens with zero attached hydrogens (tertiary/aromatic N) is 1. The molecule has 0 radical (unpaired) electrons. The Balaban J connectivity index is 1.68. The highest BCUT2D eigenvalue weighted by Crippen LogP contribution is 2.71. The first-order valence-electron chi connectivity index (χ1n) is 11.2. The summed E-state index contributed by atoms with van der Waals surface area (Å²) in [7, 11) is 3.61. The van der Waals surface area contributed by atoms with Gasteiger partial charge in [-0.3, -0.25) is 9.59 Å². The number of likely N-dealkylation sites (tertiary alicyclic amines) is 1. The van der Waals surface area contributed by atoms with E-state index in [1.807, 2.05) is 6.92 Å². The van der Waals surface area contributed by atoms with E-state index in [-0.39, 0.29) is 40.3 Å². The smallest absolute Gasteiger partial charge is 0.309 e. The molecule has 5 rings (SSSR count). The minimum absolute atomic E-state index is 0.121. The largest absolute Gasteiger partial charge is 0.469 e. The molecule has 0 aromatic rings. The Kier molecular flexibility index (Phi) is 4.34. The predicted molar refractivity (Wildman–Crippen MR) is 106 cm³/mol.